The number of amides is 1. The number of carbonyl (C=O) groups is 1. The van der Waals surface area contributed by atoms with Crippen LogP contribution in [0, 0.1) is 0 Å². The second-order valence-electron chi connectivity index (χ2n) is 5.90. The Kier molecular flexibility index (Phi) is 4.77. The summed E-state index contributed by atoms with van der Waals surface area (Å²) in [6.45, 7) is 1.69. The minimum absolute atomic E-state index is 0.0430. The maximum Gasteiger partial charge on any atom is 0.261 e. The molecule has 1 atom stereocenters. The number of likely N-dealkylation sites (tertiary alicyclic amines) is 1. The van der Waals surface area contributed by atoms with Crippen LogP contribution in [0.15, 0.2) is 33.8 Å². The highest BCUT2D eigenvalue weighted by molar-refractivity contribution is 9.10. The van der Waals surface area contributed by atoms with Crippen LogP contribution in [0.1, 0.15) is 19.3 Å². The van der Waals surface area contributed by atoms with Gasteiger partial charge in [0.2, 0.25) is 5.91 Å². The number of nitrogens with zero attached hydrogens (tertiary/aromatic N) is 3. The van der Waals surface area contributed by atoms with Gasteiger partial charge in [0.25, 0.3) is 5.56 Å². The molecule has 1 aliphatic heterocycles. The van der Waals surface area contributed by atoms with Crippen molar-refractivity contribution in [1.82, 2.24) is 14.5 Å². The summed E-state index contributed by atoms with van der Waals surface area (Å²) in [5.74, 6) is 0.0430. The maximum atomic E-state index is 12.5. The van der Waals surface area contributed by atoms with Gasteiger partial charge in [-0.25, -0.2) is 4.98 Å². The summed E-state index contributed by atoms with van der Waals surface area (Å²) in [5.41, 5.74) is 6.44. The van der Waals surface area contributed by atoms with Gasteiger partial charge in [-0.1, -0.05) is 15.9 Å². The van der Waals surface area contributed by atoms with Crippen molar-refractivity contribution in [3.05, 3.63) is 39.4 Å². The summed E-state index contributed by atoms with van der Waals surface area (Å²) in [6.07, 6.45) is 3.70. The molecule has 2 heterocycles. The Bertz CT molecular complexity index is 789. The number of rotatable bonds is 3. The second-order valence-corrected chi connectivity index (χ2v) is 6.81. The van der Waals surface area contributed by atoms with Crippen molar-refractivity contribution in [3.8, 4) is 0 Å². The van der Waals surface area contributed by atoms with E-state index in [-0.39, 0.29) is 23.9 Å². The molecule has 23 heavy (non-hydrogen) atoms. The van der Waals surface area contributed by atoms with E-state index in [1.165, 1.54) is 10.9 Å². The molecule has 0 spiro atoms. The molecule has 1 aromatic heterocycles. The van der Waals surface area contributed by atoms with E-state index in [1.54, 1.807) is 17.0 Å². The lowest BCUT2D eigenvalue weighted by molar-refractivity contribution is -0.132. The van der Waals surface area contributed by atoms with Gasteiger partial charge in [0.05, 0.1) is 17.2 Å². The van der Waals surface area contributed by atoms with Gasteiger partial charge in [-0.15, -0.1) is 0 Å². The van der Waals surface area contributed by atoms with Crippen molar-refractivity contribution in [2.75, 3.05) is 13.1 Å². The summed E-state index contributed by atoms with van der Waals surface area (Å²) in [6, 6.07) is 5.47. The standard InChI is InChI=1S/C16H19BrN4O2/c17-11-3-4-14-13(8-11)16(23)21(10-19-14)7-5-15(22)20-6-1-2-12(18)9-20/h3-4,8,10,12H,1-2,5-7,9,18H2. The highest BCUT2D eigenvalue weighted by Crippen LogP contribution is 2.15. The van der Waals surface area contributed by atoms with Crippen LogP contribution in [0.2, 0.25) is 0 Å². The number of aryl methyl sites for hydroxylation is 1. The van der Waals surface area contributed by atoms with Crippen LogP contribution < -0.4 is 11.3 Å². The van der Waals surface area contributed by atoms with Gasteiger partial charge < -0.3 is 10.6 Å². The molecule has 6 nitrogen and oxygen atoms in total. The Hall–Kier alpha value is -1.73. The fraction of sp³-hybridized carbons (Fsp3) is 0.438. The molecule has 1 amide bonds. The Balaban J connectivity index is 1.73. The zero-order valence-corrected chi connectivity index (χ0v) is 14.3. The Morgan fingerprint density at radius 2 is 2.26 bits per heavy atom. The summed E-state index contributed by atoms with van der Waals surface area (Å²) >= 11 is 3.36. The number of benzene rings is 1. The molecule has 1 aromatic carbocycles. The van der Waals surface area contributed by atoms with Crippen LogP contribution in [-0.2, 0) is 11.3 Å². The summed E-state index contributed by atoms with van der Waals surface area (Å²) in [5, 5.41) is 0.550. The van der Waals surface area contributed by atoms with Gasteiger partial charge in [-0.3, -0.25) is 14.2 Å². The number of fused-ring (bicyclic) bond motifs is 1. The lowest BCUT2D eigenvalue weighted by atomic mass is 10.1. The number of halogens is 1. The molecular formula is C16H19BrN4O2. The average Bonchev–Trinajstić information content (AvgIpc) is 2.54. The zero-order chi connectivity index (χ0) is 16.4. The first-order valence-corrected chi connectivity index (χ1v) is 8.52. The van der Waals surface area contributed by atoms with Gasteiger partial charge in [0, 0.05) is 36.6 Å². The molecule has 3 rings (SSSR count). The number of nitrogens with two attached hydrogens (primary N) is 1. The van der Waals surface area contributed by atoms with Gasteiger partial charge in [0.1, 0.15) is 0 Å². The molecule has 1 aliphatic rings. The Morgan fingerprint density at radius 3 is 3.04 bits per heavy atom. The van der Waals surface area contributed by atoms with E-state index in [0.29, 0.717) is 24.0 Å². The number of hydrogen-bond donors (Lipinski definition) is 1. The fourth-order valence-corrected chi connectivity index (χ4v) is 3.26. The molecule has 1 fully saturated rings. The third-order valence-corrected chi connectivity index (χ3v) is 4.66. The summed E-state index contributed by atoms with van der Waals surface area (Å²) in [7, 11) is 0. The minimum atomic E-state index is -0.126. The Labute approximate surface area is 142 Å². The first-order valence-electron chi connectivity index (χ1n) is 7.72. The SMILES string of the molecule is NC1CCCN(C(=O)CCn2cnc3ccc(Br)cc3c2=O)C1. The van der Waals surface area contributed by atoms with Crippen molar-refractivity contribution < 1.29 is 4.79 Å². The van der Waals surface area contributed by atoms with E-state index >= 15 is 0 Å². The first-order chi connectivity index (χ1) is 11.0. The summed E-state index contributed by atoms with van der Waals surface area (Å²) in [4.78, 5) is 30.8. The summed E-state index contributed by atoms with van der Waals surface area (Å²) < 4.78 is 2.33. The third-order valence-electron chi connectivity index (χ3n) is 4.16. The molecule has 0 saturated carbocycles. The molecule has 1 unspecified atom stereocenters. The zero-order valence-electron chi connectivity index (χ0n) is 12.7. The van der Waals surface area contributed by atoms with E-state index < -0.39 is 0 Å². The van der Waals surface area contributed by atoms with Gasteiger partial charge in [-0.05, 0) is 31.0 Å². The molecule has 0 aliphatic carbocycles. The molecular weight excluding hydrogens is 360 g/mol. The van der Waals surface area contributed by atoms with E-state index in [0.717, 1.165) is 23.9 Å². The third kappa shape index (κ3) is 3.61. The van der Waals surface area contributed by atoms with Crippen LogP contribution >= 0.6 is 15.9 Å². The van der Waals surface area contributed by atoms with Crippen molar-refractivity contribution in [2.45, 2.75) is 31.8 Å². The topological polar surface area (TPSA) is 81.2 Å². The Morgan fingerprint density at radius 1 is 1.43 bits per heavy atom. The van der Waals surface area contributed by atoms with Crippen LogP contribution in [0.4, 0.5) is 0 Å². The average molecular weight is 379 g/mol. The first kappa shape index (κ1) is 16.1. The molecule has 0 bridgehead atoms. The number of piperidine rings is 1. The van der Waals surface area contributed by atoms with Crippen molar-refractivity contribution >= 4 is 32.7 Å². The van der Waals surface area contributed by atoms with Crippen molar-refractivity contribution in [1.29, 1.82) is 0 Å². The molecule has 122 valence electrons. The molecule has 1 saturated heterocycles. The highest BCUT2D eigenvalue weighted by Gasteiger charge is 2.21. The largest absolute Gasteiger partial charge is 0.341 e. The van der Waals surface area contributed by atoms with Crippen LogP contribution in [0.5, 0.6) is 0 Å². The quantitative estimate of drug-likeness (QED) is 0.877. The van der Waals surface area contributed by atoms with Crippen LogP contribution in [0.3, 0.4) is 0 Å². The van der Waals surface area contributed by atoms with E-state index in [2.05, 4.69) is 20.9 Å². The number of hydrogen-bond acceptors (Lipinski definition) is 4. The maximum absolute atomic E-state index is 12.5. The monoisotopic (exact) mass is 378 g/mol. The van der Waals surface area contributed by atoms with Gasteiger partial charge >= 0.3 is 0 Å². The van der Waals surface area contributed by atoms with Gasteiger partial charge in [-0.2, -0.15) is 0 Å². The lowest BCUT2D eigenvalue weighted by Crippen LogP contribution is -2.46. The van der Waals surface area contributed by atoms with E-state index in [4.69, 9.17) is 5.73 Å². The molecule has 2 N–H and O–H groups in total. The van der Waals surface area contributed by atoms with Gasteiger partial charge in [0.15, 0.2) is 0 Å². The predicted octanol–water partition coefficient (Wildman–Crippen LogP) is 1.50. The normalized spacial score (nSPS) is 18.3. The molecule has 2 aromatic rings. The van der Waals surface area contributed by atoms with Crippen LogP contribution in [-0.4, -0.2) is 39.5 Å². The molecule has 0 radical (unpaired) electrons. The highest BCUT2D eigenvalue weighted by atomic mass is 79.9. The van der Waals surface area contributed by atoms with E-state index in [1.807, 2.05) is 6.07 Å². The predicted molar refractivity (Wildman–Crippen MR) is 92.1 cm³/mol. The molecule has 7 heteroatoms. The van der Waals surface area contributed by atoms with Crippen LogP contribution in [0.25, 0.3) is 10.9 Å². The minimum Gasteiger partial charge on any atom is -0.341 e. The van der Waals surface area contributed by atoms with Crippen molar-refractivity contribution in [3.63, 3.8) is 0 Å². The fourth-order valence-electron chi connectivity index (χ4n) is 2.90. The number of aromatic nitrogens is 2. The van der Waals surface area contributed by atoms with E-state index in [9.17, 15) is 9.59 Å². The second kappa shape index (κ2) is 6.80. The lowest BCUT2D eigenvalue weighted by Gasteiger charge is -2.30. The van der Waals surface area contributed by atoms with Crippen molar-refractivity contribution in [2.24, 2.45) is 5.73 Å². The number of carbonyl (C=O) groups excluding carboxylic acids is 1. The smallest absolute Gasteiger partial charge is 0.261 e.